The first-order valence-corrected chi connectivity index (χ1v) is 21.6. The topological polar surface area (TPSA) is 49.6 Å². The van der Waals surface area contributed by atoms with Crippen LogP contribution in [0.3, 0.4) is 0 Å². The van der Waals surface area contributed by atoms with E-state index in [0.29, 0.717) is 11.4 Å². The molecule has 0 saturated heterocycles. The Kier molecular flexibility index (Phi) is 8.88. The van der Waals surface area contributed by atoms with Gasteiger partial charge in [-0.1, -0.05) is 194 Å². The lowest BCUT2D eigenvalue weighted by Gasteiger charge is -2.16. The van der Waals surface area contributed by atoms with Crippen molar-refractivity contribution in [3.8, 4) is 73.2 Å². The first-order valence-electron chi connectivity index (χ1n) is 21.6. The Morgan fingerprint density at radius 1 is 0.297 bits per heavy atom. The maximum atomic E-state index is 9.37. The van der Waals surface area contributed by atoms with Crippen LogP contribution in [0, 0.1) is 11.3 Å². The van der Waals surface area contributed by atoms with Gasteiger partial charge in [0.25, 0.3) is 0 Å². The van der Waals surface area contributed by atoms with E-state index >= 15 is 0 Å². The summed E-state index contributed by atoms with van der Waals surface area (Å²) in [6, 6.07) is 81.8. The Morgan fingerprint density at radius 2 is 0.766 bits per heavy atom. The molecule has 0 unspecified atom stereocenters. The highest BCUT2D eigenvalue weighted by molar-refractivity contribution is 6.14. The number of fused-ring (bicyclic) bond motifs is 6. The van der Waals surface area contributed by atoms with Gasteiger partial charge in [-0.15, -0.1) is 0 Å². The average molecular weight is 812 g/mol. The summed E-state index contributed by atoms with van der Waals surface area (Å²) in [6.45, 7) is 0. The van der Waals surface area contributed by atoms with Gasteiger partial charge in [0.1, 0.15) is 0 Å². The van der Waals surface area contributed by atoms with Gasteiger partial charge >= 0.3 is 0 Å². The lowest BCUT2D eigenvalue weighted by molar-refractivity contribution is 1.23. The van der Waals surface area contributed by atoms with Gasteiger partial charge in [0.2, 0.25) is 0 Å². The molecule has 0 aliphatic carbocycles. The fraction of sp³-hybridized carbons (Fsp3) is 0. The molecule has 11 aromatic carbocycles. The maximum absolute atomic E-state index is 9.37. The third-order valence-electron chi connectivity index (χ3n) is 12.7. The molecule has 0 amide bonds. The quantitative estimate of drug-likeness (QED) is 0.157. The number of benzene rings is 11. The van der Waals surface area contributed by atoms with Crippen LogP contribution in [0.1, 0.15) is 5.56 Å². The van der Waals surface area contributed by atoms with Gasteiger partial charge in [0.05, 0.1) is 22.8 Å². The van der Waals surface area contributed by atoms with Crippen LogP contribution in [-0.4, -0.2) is 9.97 Å². The summed E-state index contributed by atoms with van der Waals surface area (Å²) in [5.74, 6) is 0.698. The molecule has 0 fully saturated rings. The molecule has 64 heavy (non-hydrogen) atoms. The zero-order valence-corrected chi connectivity index (χ0v) is 34.7. The zero-order chi connectivity index (χ0) is 42.6. The molecular formula is C61H37N3. The van der Waals surface area contributed by atoms with Gasteiger partial charge in [0, 0.05) is 16.5 Å². The monoisotopic (exact) mass is 811 g/mol. The normalized spacial score (nSPS) is 11.4. The Labute approximate surface area is 370 Å². The lowest BCUT2D eigenvalue weighted by Crippen LogP contribution is -1.95. The second-order valence-corrected chi connectivity index (χ2v) is 16.4. The lowest BCUT2D eigenvalue weighted by atomic mass is 9.88. The molecule has 0 bridgehead atoms. The van der Waals surface area contributed by atoms with Gasteiger partial charge < -0.3 is 0 Å². The molecule has 12 aromatic rings. The Bertz CT molecular complexity index is 3840. The van der Waals surface area contributed by atoms with E-state index in [1.54, 1.807) is 0 Å². The summed E-state index contributed by atoms with van der Waals surface area (Å²) in [6.07, 6.45) is 0. The van der Waals surface area contributed by atoms with Crippen LogP contribution in [0.2, 0.25) is 0 Å². The van der Waals surface area contributed by atoms with Crippen molar-refractivity contribution in [3.63, 3.8) is 0 Å². The summed E-state index contributed by atoms with van der Waals surface area (Å²) >= 11 is 0. The van der Waals surface area contributed by atoms with Crippen molar-refractivity contribution in [3.05, 3.63) is 230 Å². The third kappa shape index (κ3) is 6.28. The summed E-state index contributed by atoms with van der Waals surface area (Å²) in [7, 11) is 0. The summed E-state index contributed by atoms with van der Waals surface area (Å²) in [4.78, 5) is 10.5. The van der Waals surface area contributed by atoms with Crippen molar-refractivity contribution in [2.75, 3.05) is 0 Å². The van der Waals surface area contributed by atoms with E-state index < -0.39 is 0 Å². The first-order chi connectivity index (χ1) is 31.7. The molecule has 12 rings (SSSR count). The predicted octanol–water partition coefficient (Wildman–Crippen LogP) is 16.1. The van der Waals surface area contributed by atoms with Gasteiger partial charge in [-0.2, -0.15) is 5.26 Å². The smallest absolute Gasteiger partial charge is 0.160 e. The second-order valence-electron chi connectivity index (χ2n) is 16.4. The van der Waals surface area contributed by atoms with Crippen molar-refractivity contribution in [2.24, 2.45) is 0 Å². The molecule has 0 atom stereocenters. The summed E-state index contributed by atoms with van der Waals surface area (Å²) < 4.78 is 0. The van der Waals surface area contributed by atoms with Crippen molar-refractivity contribution in [1.29, 1.82) is 5.26 Å². The van der Waals surface area contributed by atoms with E-state index in [9.17, 15) is 5.26 Å². The maximum Gasteiger partial charge on any atom is 0.160 e. The summed E-state index contributed by atoms with van der Waals surface area (Å²) in [5.41, 5.74) is 13.8. The highest BCUT2D eigenvalue weighted by Gasteiger charge is 2.17. The number of aromatic nitrogens is 2. The molecule has 0 aliphatic rings. The van der Waals surface area contributed by atoms with Crippen molar-refractivity contribution in [2.45, 2.75) is 0 Å². The Balaban J connectivity index is 0.924. The van der Waals surface area contributed by atoms with E-state index in [-0.39, 0.29) is 0 Å². The molecule has 0 aliphatic heterocycles. The molecule has 0 spiro atoms. The zero-order valence-electron chi connectivity index (χ0n) is 34.7. The molecule has 296 valence electrons. The highest BCUT2D eigenvalue weighted by Crippen LogP contribution is 2.42. The second kappa shape index (κ2) is 15.3. The molecule has 0 radical (unpaired) electrons. The average Bonchev–Trinajstić information content (AvgIpc) is 3.37. The predicted molar refractivity (Wildman–Crippen MR) is 267 cm³/mol. The van der Waals surface area contributed by atoms with E-state index in [2.05, 4.69) is 200 Å². The molecule has 1 heterocycles. The molecule has 0 saturated carbocycles. The highest BCUT2D eigenvalue weighted by atomic mass is 14.9. The number of rotatable bonds is 6. The van der Waals surface area contributed by atoms with E-state index in [1.165, 1.54) is 65.3 Å². The van der Waals surface area contributed by atoms with Crippen LogP contribution >= 0.6 is 0 Å². The number of para-hydroxylation sites is 1. The minimum Gasteiger partial charge on any atom is -0.228 e. The van der Waals surface area contributed by atoms with Crippen LogP contribution < -0.4 is 0 Å². The van der Waals surface area contributed by atoms with Gasteiger partial charge in [-0.3, -0.25) is 0 Å². The number of hydrogen-bond donors (Lipinski definition) is 0. The standard InChI is InChI=1S/C61H37N3/c62-38-39-24-26-40(27-25-39)47-32-34-55(52-19-6-3-17-50(47)52)56-35-33-48(51-18-4-7-20-53(51)56)41-28-30-42(31-29-41)60-57-22-9-10-23-59(57)63-61(64-60)45-14-11-13-43(36-45)58-37-44-12-1-2-15-46(44)49-16-5-8-21-54(49)58/h1-37H. The van der Waals surface area contributed by atoms with Crippen LogP contribution in [-0.2, 0) is 0 Å². The van der Waals surface area contributed by atoms with Crippen LogP contribution in [0.25, 0.3) is 121 Å². The third-order valence-corrected chi connectivity index (χ3v) is 12.7. The molecule has 0 N–H and O–H groups in total. The van der Waals surface area contributed by atoms with Gasteiger partial charge in [-0.25, -0.2) is 9.97 Å². The molecule has 3 nitrogen and oxygen atoms in total. The molecule has 3 heteroatoms. The number of hydrogen-bond acceptors (Lipinski definition) is 3. The minimum absolute atomic E-state index is 0.659. The Hall–Kier alpha value is -8.71. The fourth-order valence-electron chi connectivity index (χ4n) is 9.65. The van der Waals surface area contributed by atoms with Gasteiger partial charge in [-0.05, 0) is 118 Å². The molecular weight excluding hydrogens is 775 g/mol. The first kappa shape index (κ1) is 37.1. The van der Waals surface area contributed by atoms with Crippen molar-refractivity contribution >= 4 is 54.0 Å². The largest absolute Gasteiger partial charge is 0.228 e. The van der Waals surface area contributed by atoms with E-state index in [4.69, 9.17) is 9.97 Å². The minimum atomic E-state index is 0.659. The van der Waals surface area contributed by atoms with Crippen molar-refractivity contribution in [1.82, 2.24) is 9.97 Å². The SMILES string of the molecule is N#Cc1ccc(-c2ccc(-c3ccc(-c4ccc(-c5nc(-c6cccc(-c7cc8ccccc8c8ccccc78)c6)nc6ccccc56)cc4)c4ccccc34)c3ccccc23)cc1. The fourth-order valence-corrected chi connectivity index (χ4v) is 9.65. The van der Waals surface area contributed by atoms with Crippen LogP contribution in [0.5, 0.6) is 0 Å². The van der Waals surface area contributed by atoms with Crippen molar-refractivity contribution < 1.29 is 0 Å². The van der Waals surface area contributed by atoms with Crippen LogP contribution in [0.4, 0.5) is 0 Å². The number of nitriles is 1. The molecule has 1 aromatic heterocycles. The Morgan fingerprint density at radius 3 is 1.39 bits per heavy atom. The van der Waals surface area contributed by atoms with E-state index in [0.717, 1.165) is 50.0 Å². The number of nitrogens with zero attached hydrogens (tertiary/aromatic N) is 3. The summed E-state index contributed by atoms with van der Waals surface area (Å²) in [5, 5.41) is 20.1. The van der Waals surface area contributed by atoms with Crippen LogP contribution in [0.15, 0.2) is 224 Å². The van der Waals surface area contributed by atoms with E-state index in [1.807, 2.05) is 30.3 Å². The van der Waals surface area contributed by atoms with Gasteiger partial charge in [0.15, 0.2) is 5.82 Å².